The summed E-state index contributed by atoms with van der Waals surface area (Å²) < 4.78 is 5.48. The molecule has 4 heteroatoms. The predicted octanol–water partition coefficient (Wildman–Crippen LogP) is 2.75. The minimum Gasteiger partial charge on any atom is -0.491 e. The monoisotopic (exact) mass is 242 g/mol. The first-order valence-corrected chi connectivity index (χ1v) is 6.00. The molecule has 1 rings (SSSR count). The van der Waals surface area contributed by atoms with Crippen LogP contribution in [-0.4, -0.2) is 24.7 Å². The molecular weight excluding hydrogens is 224 g/mol. The second-order valence-corrected chi connectivity index (χ2v) is 4.56. The Kier molecular flexibility index (Phi) is 6.19. The Morgan fingerprint density at radius 2 is 2.19 bits per heavy atom. The number of rotatable bonds is 7. The highest BCUT2D eigenvalue weighted by molar-refractivity contribution is 6.30. The molecule has 0 aliphatic heterocycles. The van der Waals surface area contributed by atoms with Crippen molar-refractivity contribution in [3.63, 3.8) is 0 Å². The average molecular weight is 243 g/mol. The van der Waals surface area contributed by atoms with E-state index < -0.39 is 0 Å². The Bertz CT molecular complexity index is 305. The Morgan fingerprint density at radius 3 is 2.88 bits per heavy atom. The van der Waals surface area contributed by atoms with Gasteiger partial charge in [0.2, 0.25) is 0 Å². The van der Waals surface area contributed by atoms with E-state index in [-0.39, 0.29) is 0 Å². The molecule has 0 bridgehead atoms. The fraction of sp³-hybridized carbons (Fsp3) is 0.583. The molecule has 1 heterocycles. The fourth-order valence-corrected chi connectivity index (χ4v) is 1.39. The van der Waals surface area contributed by atoms with Gasteiger partial charge in [-0.15, -0.1) is 0 Å². The van der Waals surface area contributed by atoms with Crippen molar-refractivity contribution in [1.82, 2.24) is 10.3 Å². The summed E-state index contributed by atoms with van der Waals surface area (Å²) in [5.74, 6) is 1.46. The summed E-state index contributed by atoms with van der Waals surface area (Å²) in [7, 11) is 0. The topological polar surface area (TPSA) is 34.1 Å². The van der Waals surface area contributed by atoms with E-state index in [0.717, 1.165) is 24.8 Å². The number of ether oxygens (including phenoxy) is 1. The quantitative estimate of drug-likeness (QED) is 0.747. The van der Waals surface area contributed by atoms with Crippen LogP contribution in [0.2, 0.25) is 5.02 Å². The number of halogens is 1. The smallest absolute Gasteiger partial charge is 0.139 e. The molecular formula is C12H19ClN2O. The SMILES string of the molecule is CC(C)CCNCCOc1cncc(Cl)c1. The van der Waals surface area contributed by atoms with Crippen molar-refractivity contribution in [2.24, 2.45) is 5.92 Å². The van der Waals surface area contributed by atoms with Gasteiger partial charge >= 0.3 is 0 Å². The van der Waals surface area contributed by atoms with Crippen LogP contribution in [0.4, 0.5) is 0 Å². The molecule has 0 amide bonds. The number of nitrogens with one attached hydrogen (secondary N) is 1. The van der Waals surface area contributed by atoms with E-state index in [1.54, 1.807) is 18.5 Å². The zero-order valence-corrected chi connectivity index (χ0v) is 10.6. The molecule has 0 aromatic carbocycles. The van der Waals surface area contributed by atoms with Crippen molar-refractivity contribution in [3.8, 4) is 5.75 Å². The van der Waals surface area contributed by atoms with Crippen molar-refractivity contribution in [1.29, 1.82) is 0 Å². The van der Waals surface area contributed by atoms with Gasteiger partial charge in [-0.3, -0.25) is 4.98 Å². The highest BCUT2D eigenvalue weighted by Crippen LogP contribution is 2.14. The molecule has 0 unspecified atom stereocenters. The van der Waals surface area contributed by atoms with E-state index in [2.05, 4.69) is 24.1 Å². The molecule has 90 valence electrons. The van der Waals surface area contributed by atoms with Gasteiger partial charge in [-0.25, -0.2) is 0 Å². The second kappa shape index (κ2) is 7.47. The van der Waals surface area contributed by atoms with Crippen LogP contribution in [0.5, 0.6) is 5.75 Å². The molecule has 16 heavy (non-hydrogen) atoms. The number of hydrogen-bond donors (Lipinski definition) is 1. The summed E-state index contributed by atoms with van der Waals surface area (Å²) >= 11 is 5.78. The molecule has 3 nitrogen and oxygen atoms in total. The van der Waals surface area contributed by atoms with E-state index in [4.69, 9.17) is 16.3 Å². The van der Waals surface area contributed by atoms with Crippen LogP contribution in [-0.2, 0) is 0 Å². The van der Waals surface area contributed by atoms with Crippen LogP contribution in [0.25, 0.3) is 0 Å². The summed E-state index contributed by atoms with van der Waals surface area (Å²) in [5.41, 5.74) is 0. The first-order chi connectivity index (χ1) is 7.68. The molecule has 0 aliphatic rings. The zero-order chi connectivity index (χ0) is 11.8. The van der Waals surface area contributed by atoms with Crippen molar-refractivity contribution >= 4 is 11.6 Å². The summed E-state index contributed by atoms with van der Waals surface area (Å²) in [6.45, 7) is 6.96. The maximum absolute atomic E-state index is 5.78. The van der Waals surface area contributed by atoms with Crippen molar-refractivity contribution in [2.45, 2.75) is 20.3 Å². The molecule has 0 saturated heterocycles. The number of pyridine rings is 1. The summed E-state index contributed by atoms with van der Waals surface area (Å²) in [5, 5.41) is 3.93. The molecule has 0 aliphatic carbocycles. The minimum absolute atomic E-state index is 0.602. The van der Waals surface area contributed by atoms with Crippen LogP contribution in [0, 0.1) is 5.92 Å². The highest BCUT2D eigenvalue weighted by Gasteiger charge is 1.96. The third-order valence-corrected chi connectivity index (χ3v) is 2.33. The number of aromatic nitrogens is 1. The largest absolute Gasteiger partial charge is 0.491 e. The van der Waals surface area contributed by atoms with Crippen LogP contribution in [0.15, 0.2) is 18.5 Å². The van der Waals surface area contributed by atoms with Gasteiger partial charge in [-0.1, -0.05) is 25.4 Å². The lowest BCUT2D eigenvalue weighted by atomic mass is 10.1. The first-order valence-electron chi connectivity index (χ1n) is 5.62. The van der Waals surface area contributed by atoms with Crippen molar-refractivity contribution < 1.29 is 4.74 Å². The van der Waals surface area contributed by atoms with Gasteiger partial charge < -0.3 is 10.1 Å². The van der Waals surface area contributed by atoms with Gasteiger partial charge in [0.25, 0.3) is 0 Å². The standard InChI is InChI=1S/C12H19ClN2O/c1-10(2)3-4-14-5-6-16-12-7-11(13)8-15-9-12/h7-10,14H,3-6H2,1-2H3. The Morgan fingerprint density at radius 1 is 1.38 bits per heavy atom. The summed E-state index contributed by atoms with van der Waals surface area (Å²) in [6.07, 6.45) is 4.45. The van der Waals surface area contributed by atoms with Gasteiger partial charge in [0, 0.05) is 18.8 Å². The molecule has 0 spiro atoms. The van der Waals surface area contributed by atoms with E-state index in [0.29, 0.717) is 11.6 Å². The van der Waals surface area contributed by atoms with Gasteiger partial charge in [0.05, 0.1) is 11.2 Å². The zero-order valence-electron chi connectivity index (χ0n) is 9.87. The second-order valence-electron chi connectivity index (χ2n) is 4.12. The van der Waals surface area contributed by atoms with Gasteiger partial charge in [0.15, 0.2) is 0 Å². The van der Waals surface area contributed by atoms with Crippen LogP contribution >= 0.6 is 11.6 Å². The van der Waals surface area contributed by atoms with Gasteiger partial charge in [-0.05, 0) is 18.9 Å². The summed E-state index contributed by atoms with van der Waals surface area (Å²) in [6, 6.07) is 1.77. The molecule has 1 aromatic heterocycles. The lowest BCUT2D eigenvalue weighted by Crippen LogP contribution is -2.23. The fourth-order valence-electron chi connectivity index (χ4n) is 1.23. The predicted molar refractivity (Wildman–Crippen MR) is 67.1 cm³/mol. The molecule has 0 radical (unpaired) electrons. The third kappa shape index (κ3) is 5.93. The maximum atomic E-state index is 5.78. The van der Waals surface area contributed by atoms with E-state index in [9.17, 15) is 0 Å². The van der Waals surface area contributed by atoms with E-state index in [1.807, 2.05) is 0 Å². The van der Waals surface area contributed by atoms with Crippen molar-refractivity contribution in [3.05, 3.63) is 23.5 Å². The van der Waals surface area contributed by atoms with Crippen LogP contribution in [0.3, 0.4) is 0 Å². The van der Waals surface area contributed by atoms with Crippen molar-refractivity contribution in [2.75, 3.05) is 19.7 Å². The Hall–Kier alpha value is -0.800. The Labute approximate surface area is 102 Å². The molecule has 0 fully saturated rings. The van der Waals surface area contributed by atoms with Crippen LogP contribution < -0.4 is 10.1 Å². The van der Waals surface area contributed by atoms with E-state index in [1.165, 1.54) is 6.42 Å². The first kappa shape index (κ1) is 13.3. The van der Waals surface area contributed by atoms with Gasteiger partial charge in [0.1, 0.15) is 12.4 Å². The lowest BCUT2D eigenvalue weighted by molar-refractivity contribution is 0.311. The minimum atomic E-state index is 0.602. The Balaban J connectivity index is 2.07. The third-order valence-electron chi connectivity index (χ3n) is 2.13. The average Bonchev–Trinajstić information content (AvgIpc) is 2.23. The highest BCUT2D eigenvalue weighted by atomic mass is 35.5. The molecule has 0 atom stereocenters. The molecule has 1 N–H and O–H groups in total. The van der Waals surface area contributed by atoms with Gasteiger partial charge in [-0.2, -0.15) is 0 Å². The number of nitrogens with zero attached hydrogens (tertiary/aromatic N) is 1. The molecule has 1 aromatic rings. The van der Waals surface area contributed by atoms with Crippen LogP contribution in [0.1, 0.15) is 20.3 Å². The molecule has 0 saturated carbocycles. The maximum Gasteiger partial charge on any atom is 0.139 e. The number of hydrogen-bond acceptors (Lipinski definition) is 3. The summed E-state index contributed by atoms with van der Waals surface area (Å²) in [4.78, 5) is 3.95. The normalized spacial score (nSPS) is 10.8. The van der Waals surface area contributed by atoms with E-state index >= 15 is 0 Å². The lowest BCUT2D eigenvalue weighted by Gasteiger charge is -2.08.